The number of rotatable bonds is 11. The summed E-state index contributed by atoms with van der Waals surface area (Å²) in [6.07, 6.45) is 5.97. The first-order chi connectivity index (χ1) is 15.9. The van der Waals surface area contributed by atoms with Crippen LogP contribution in [0.15, 0.2) is 28.0 Å². The van der Waals surface area contributed by atoms with Gasteiger partial charge in [0, 0.05) is 39.0 Å². The van der Waals surface area contributed by atoms with E-state index in [2.05, 4.69) is 18.7 Å². The molecule has 7 nitrogen and oxygen atoms in total. The van der Waals surface area contributed by atoms with E-state index in [-0.39, 0.29) is 11.5 Å². The molecular weight excluding hydrogens is 456 g/mol. The van der Waals surface area contributed by atoms with Crippen LogP contribution in [0.1, 0.15) is 51.2 Å². The summed E-state index contributed by atoms with van der Waals surface area (Å²) >= 11 is 6.70. The van der Waals surface area contributed by atoms with E-state index in [0.717, 1.165) is 31.5 Å². The first kappa shape index (κ1) is 25.4. The normalized spacial score (nSPS) is 15.3. The van der Waals surface area contributed by atoms with Gasteiger partial charge in [-0.25, -0.2) is 4.98 Å². The summed E-state index contributed by atoms with van der Waals surface area (Å²) in [4.78, 5) is 35.8. The first-order valence-electron chi connectivity index (χ1n) is 11.5. The second kappa shape index (κ2) is 11.8. The molecule has 1 amide bonds. The van der Waals surface area contributed by atoms with Crippen molar-refractivity contribution in [2.45, 2.75) is 47.0 Å². The largest absolute Gasteiger partial charge is 0.382 e. The van der Waals surface area contributed by atoms with Gasteiger partial charge in [0.25, 0.3) is 11.5 Å². The third kappa shape index (κ3) is 5.65. The van der Waals surface area contributed by atoms with E-state index in [4.69, 9.17) is 21.9 Å². The summed E-state index contributed by atoms with van der Waals surface area (Å²) in [5, 5.41) is 0. The first-order valence-corrected chi connectivity index (χ1v) is 12.7. The quantitative estimate of drug-likeness (QED) is 0.266. The fourth-order valence-electron chi connectivity index (χ4n) is 3.82. The van der Waals surface area contributed by atoms with Crippen molar-refractivity contribution < 1.29 is 9.53 Å². The Morgan fingerprint density at radius 3 is 2.61 bits per heavy atom. The molecule has 1 aliphatic rings. The Labute approximate surface area is 204 Å². The minimum absolute atomic E-state index is 0.168. The second-order valence-electron chi connectivity index (χ2n) is 7.91. The van der Waals surface area contributed by atoms with Gasteiger partial charge in [-0.2, -0.15) is 0 Å². The van der Waals surface area contributed by atoms with Gasteiger partial charge in [0.1, 0.15) is 15.8 Å². The molecule has 178 valence electrons. The number of carbonyl (C=O) groups excluding carboxylic acids is 1. The zero-order valence-electron chi connectivity index (χ0n) is 19.8. The molecular formula is C24H32N4O3S2. The number of anilines is 1. The summed E-state index contributed by atoms with van der Waals surface area (Å²) in [7, 11) is 0. The number of hydrogen-bond donors (Lipinski definition) is 0. The number of amides is 1. The van der Waals surface area contributed by atoms with Crippen LogP contribution in [0.2, 0.25) is 0 Å². The zero-order valence-corrected chi connectivity index (χ0v) is 21.4. The maximum Gasteiger partial charge on any atom is 0.267 e. The predicted octanol–water partition coefficient (Wildman–Crippen LogP) is 4.26. The smallest absolute Gasteiger partial charge is 0.267 e. The van der Waals surface area contributed by atoms with Crippen LogP contribution in [0.4, 0.5) is 5.82 Å². The Morgan fingerprint density at radius 2 is 1.94 bits per heavy atom. The van der Waals surface area contributed by atoms with E-state index in [0.29, 0.717) is 52.4 Å². The van der Waals surface area contributed by atoms with Crippen molar-refractivity contribution >= 4 is 51.7 Å². The molecule has 0 bridgehead atoms. The number of pyridine rings is 1. The monoisotopic (exact) mass is 488 g/mol. The lowest BCUT2D eigenvalue weighted by Crippen LogP contribution is -2.31. The fourth-order valence-corrected chi connectivity index (χ4v) is 5.11. The number of thiocarbonyl (C=S) groups is 1. The van der Waals surface area contributed by atoms with Crippen molar-refractivity contribution in [2.75, 3.05) is 37.7 Å². The van der Waals surface area contributed by atoms with E-state index in [1.165, 1.54) is 11.8 Å². The van der Waals surface area contributed by atoms with Gasteiger partial charge in [0.15, 0.2) is 0 Å². The van der Waals surface area contributed by atoms with Crippen LogP contribution in [0.25, 0.3) is 11.7 Å². The molecule has 33 heavy (non-hydrogen) atoms. The molecule has 1 aliphatic heterocycles. The Bertz CT molecular complexity index is 1110. The van der Waals surface area contributed by atoms with Gasteiger partial charge in [0.05, 0.1) is 10.5 Å². The van der Waals surface area contributed by atoms with Crippen molar-refractivity contribution in [3.05, 3.63) is 44.7 Å². The summed E-state index contributed by atoms with van der Waals surface area (Å²) in [5.74, 6) is 0.457. The SMILES string of the molecule is CCCN(CCC)c1nc2c(C)cccn2c(=O)c1/C=C1\SC(=S)N(CCCOCC)C1=O. The molecule has 2 aromatic heterocycles. The molecule has 0 unspecified atom stereocenters. The lowest BCUT2D eigenvalue weighted by Gasteiger charge is -2.25. The topological polar surface area (TPSA) is 67.2 Å². The van der Waals surface area contributed by atoms with E-state index < -0.39 is 0 Å². The van der Waals surface area contributed by atoms with Gasteiger partial charge in [-0.05, 0) is 50.8 Å². The van der Waals surface area contributed by atoms with Crippen LogP contribution >= 0.6 is 24.0 Å². The van der Waals surface area contributed by atoms with Crippen LogP contribution in [0.3, 0.4) is 0 Å². The van der Waals surface area contributed by atoms with Crippen molar-refractivity contribution in [1.82, 2.24) is 14.3 Å². The van der Waals surface area contributed by atoms with Crippen LogP contribution in [0.5, 0.6) is 0 Å². The molecule has 0 spiro atoms. The van der Waals surface area contributed by atoms with Crippen LogP contribution in [-0.2, 0) is 9.53 Å². The molecule has 3 heterocycles. The van der Waals surface area contributed by atoms with Gasteiger partial charge in [-0.1, -0.05) is 43.9 Å². The minimum Gasteiger partial charge on any atom is -0.382 e. The lowest BCUT2D eigenvalue weighted by atomic mass is 10.2. The molecule has 0 atom stereocenters. The number of thioether (sulfide) groups is 1. The van der Waals surface area contributed by atoms with Gasteiger partial charge in [-0.3, -0.25) is 18.9 Å². The van der Waals surface area contributed by atoms with Gasteiger partial charge in [0.2, 0.25) is 0 Å². The number of hydrogen-bond acceptors (Lipinski definition) is 7. The third-order valence-corrected chi connectivity index (χ3v) is 6.75. The molecule has 0 radical (unpaired) electrons. The molecule has 0 N–H and O–H groups in total. The van der Waals surface area contributed by atoms with Crippen molar-refractivity contribution in [3.8, 4) is 0 Å². The minimum atomic E-state index is -0.183. The molecule has 2 aromatic rings. The van der Waals surface area contributed by atoms with Gasteiger partial charge >= 0.3 is 0 Å². The van der Waals surface area contributed by atoms with Gasteiger partial charge in [-0.15, -0.1) is 0 Å². The van der Waals surface area contributed by atoms with Crippen molar-refractivity contribution in [3.63, 3.8) is 0 Å². The van der Waals surface area contributed by atoms with Crippen LogP contribution < -0.4 is 10.5 Å². The molecule has 3 rings (SSSR count). The maximum atomic E-state index is 13.6. The average molecular weight is 489 g/mol. The number of carbonyl (C=O) groups is 1. The van der Waals surface area contributed by atoms with E-state index in [1.807, 2.05) is 26.0 Å². The maximum absolute atomic E-state index is 13.6. The van der Waals surface area contributed by atoms with E-state index in [1.54, 1.807) is 21.6 Å². The fraction of sp³-hybridized carbons (Fsp3) is 0.500. The highest BCUT2D eigenvalue weighted by Crippen LogP contribution is 2.33. The van der Waals surface area contributed by atoms with Crippen molar-refractivity contribution in [2.24, 2.45) is 0 Å². The predicted molar refractivity (Wildman–Crippen MR) is 140 cm³/mol. The number of aromatic nitrogens is 2. The summed E-state index contributed by atoms with van der Waals surface area (Å²) < 4.78 is 7.45. The zero-order chi connectivity index (χ0) is 24.0. The molecule has 1 fully saturated rings. The van der Waals surface area contributed by atoms with E-state index >= 15 is 0 Å². The Kier molecular flexibility index (Phi) is 9.05. The average Bonchev–Trinajstić information content (AvgIpc) is 3.06. The molecule has 1 saturated heterocycles. The highest BCUT2D eigenvalue weighted by atomic mass is 32.2. The lowest BCUT2D eigenvalue weighted by molar-refractivity contribution is -0.122. The summed E-state index contributed by atoms with van der Waals surface area (Å²) in [6, 6.07) is 3.78. The molecule has 0 aromatic carbocycles. The van der Waals surface area contributed by atoms with Crippen molar-refractivity contribution in [1.29, 1.82) is 0 Å². The highest BCUT2D eigenvalue weighted by molar-refractivity contribution is 8.26. The number of ether oxygens (including phenoxy) is 1. The van der Waals surface area contributed by atoms with Gasteiger partial charge < -0.3 is 9.64 Å². The Morgan fingerprint density at radius 1 is 1.21 bits per heavy atom. The number of aryl methyl sites for hydroxylation is 1. The number of nitrogens with zero attached hydrogens (tertiary/aromatic N) is 4. The highest BCUT2D eigenvalue weighted by Gasteiger charge is 2.32. The molecule has 9 heteroatoms. The molecule has 0 aliphatic carbocycles. The van der Waals surface area contributed by atoms with E-state index in [9.17, 15) is 9.59 Å². The summed E-state index contributed by atoms with van der Waals surface area (Å²) in [6.45, 7) is 11.4. The Hall–Kier alpha value is -2.23. The van der Waals surface area contributed by atoms with Crippen LogP contribution in [-0.4, -0.2) is 57.4 Å². The van der Waals surface area contributed by atoms with Crippen LogP contribution in [0, 0.1) is 6.92 Å². The summed E-state index contributed by atoms with van der Waals surface area (Å²) in [5.41, 5.74) is 1.80. The standard InChI is InChI=1S/C24H32N4O3S2/c1-5-11-26(12-6-2)21-18(22(29)27-13-8-10-17(4)20(27)25-21)16-19-23(30)28(24(32)33-19)14-9-15-31-7-3/h8,10,13,16H,5-7,9,11-12,14-15H2,1-4H3/b19-16-. The molecule has 0 saturated carbocycles. The third-order valence-electron chi connectivity index (χ3n) is 5.37. The Balaban J connectivity index is 2.07. The second-order valence-corrected chi connectivity index (χ2v) is 9.59. The number of fused-ring (bicyclic) bond motifs is 1.